The van der Waals surface area contributed by atoms with Gasteiger partial charge in [0.1, 0.15) is 0 Å². The van der Waals surface area contributed by atoms with Gasteiger partial charge in [0.25, 0.3) is 17.2 Å². The van der Waals surface area contributed by atoms with E-state index >= 15 is 0 Å². The Labute approximate surface area is 205 Å². The molecular weight excluding hydrogens is 522 g/mol. The molecule has 0 spiro atoms. The molecule has 34 heavy (non-hydrogen) atoms. The standard InChI is InChI=1S/C23H16BrN5O4S/c24-16-8-10-17(11-9-16)28-22(31)19-6-1-2-7-20(19)26-23(28)34-14-21(30)27-25-13-15-4-3-5-18(12-15)29(32)33/h1-13H,14H2,(H,27,30)/b25-13-. The first-order valence-electron chi connectivity index (χ1n) is 9.89. The van der Waals surface area contributed by atoms with Crippen LogP contribution in [0.5, 0.6) is 0 Å². The van der Waals surface area contributed by atoms with Crippen molar-refractivity contribution in [3.63, 3.8) is 0 Å². The molecule has 1 aromatic heterocycles. The van der Waals surface area contributed by atoms with Gasteiger partial charge < -0.3 is 0 Å². The minimum absolute atomic E-state index is 0.0480. The molecule has 1 amide bonds. The average molecular weight is 538 g/mol. The van der Waals surface area contributed by atoms with Crippen LogP contribution in [0.4, 0.5) is 5.69 Å². The quantitative estimate of drug-likeness (QED) is 0.123. The van der Waals surface area contributed by atoms with Gasteiger partial charge in [0.05, 0.1) is 33.5 Å². The summed E-state index contributed by atoms with van der Waals surface area (Å²) in [6.45, 7) is 0. The van der Waals surface area contributed by atoms with Crippen molar-refractivity contribution < 1.29 is 9.72 Å². The molecule has 0 aliphatic carbocycles. The number of aromatic nitrogens is 2. The van der Waals surface area contributed by atoms with Crippen LogP contribution in [0.2, 0.25) is 0 Å². The second-order valence-electron chi connectivity index (χ2n) is 6.96. The summed E-state index contributed by atoms with van der Waals surface area (Å²) in [5.74, 6) is -0.468. The fourth-order valence-corrected chi connectivity index (χ4v) is 4.16. The Morgan fingerprint density at radius 1 is 1.15 bits per heavy atom. The van der Waals surface area contributed by atoms with Gasteiger partial charge in [-0.05, 0) is 36.4 Å². The number of benzene rings is 3. The summed E-state index contributed by atoms with van der Waals surface area (Å²) in [5, 5.41) is 15.6. The molecule has 1 heterocycles. The van der Waals surface area contributed by atoms with Crippen LogP contribution in [-0.4, -0.2) is 32.3 Å². The number of fused-ring (bicyclic) bond motifs is 1. The van der Waals surface area contributed by atoms with Crippen LogP contribution in [0.25, 0.3) is 16.6 Å². The number of nitrogens with one attached hydrogen (secondary N) is 1. The molecule has 0 aliphatic heterocycles. The number of non-ortho nitro benzene ring substituents is 1. The minimum atomic E-state index is -0.506. The maximum Gasteiger partial charge on any atom is 0.270 e. The molecule has 4 rings (SSSR count). The van der Waals surface area contributed by atoms with E-state index in [0.29, 0.717) is 27.3 Å². The van der Waals surface area contributed by atoms with Crippen LogP contribution in [0.15, 0.2) is 92.3 Å². The Bertz CT molecular complexity index is 1470. The van der Waals surface area contributed by atoms with Gasteiger partial charge in [0.2, 0.25) is 0 Å². The predicted octanol–water partition coefficient (Wildman–Crippen LogP) is 4.30. The van der Waals surface area contributed by atoms with E-state index in [-0.39, 0.29) is 17.0 Å². The molecule has 0 radical (unpaired) electrons. The molecule has 0 atom stereocenters. The van der Waals surface area contributed by atoms with Crippen LogP contribution in [-0.2, 0) is 4.79 Å². The topological polar surface area (TPSA) is 119 Å². The molecule has 4 aromatic rings. The van der Waals surface area contributed by atoms with Gasteiger partial charge in [0, 0.05) is 22.2 Å². The Kier molecular flexibility index (Phi) is 7.14. The number of rotatable bonds is 7. The van der Waals surface area contributed by atoms with Crippen molar-refractivity contribution in [2.24, 2.45) is 5.10 Å². The molecule has 0 unspecified atom stereocenters. The van der Waals surface area contributed by atoms with Gasteiger partial charge in [-0.25, -0.2) is 10.4 Å². The van der Waals surface area contributed by atoms with E-state index in [4.69, 9.17) is 0 Å². The zero-order chi connectivity index (χ0) is 24.1. The third-order valence-electron chi connectivity index (χ3n) is 4.65. The molecule has 1 N–H and O–H groups in total. The van der Waals surface area contributed by atoms with E-state index in [2.05, 4.69) is 31.4 Å². The largest absolute Gasteiger partial charge is 0.272 e. The number of carbonyl (C=O) groups is 1. The average Bonchev–Trinajstić information content (AvgIpc) is 2.84. The van der Waals surface area contributed by atoms with E-state index < -0.39 is 10.8 Å². The predicted molar refractivity (Wildman–Crippen MR) is 135 cm³/mol. The number of nitro groups is 1. The smallest absolute Gasteiger partial charge is 0.270 e. The number of nitro benzene ring substituents is 1. The molecule has 0 bridgehead atoms. The van der Waals surface area contributed by atoms with Crippen LogP contribution in [0.3, 0.4) is 0 Å². The van der Waals surface area contributed by atoms with E-state index in [1.54, 1.807) is 42.5 Å². The normalized spacial score (nSPS) is 11.1. The van der Waals surface area contributed by atoms with E-state index in [9.17, 15) is 19.7 Å². The van der Waals surface area contributed by atoms with Crippen molar-refractivity contribution in [3.8, 4) is 5.69 Å². The van der Waals surface area contributed by atoms with Crippen LogP contribution in [0.1, 0.15) is 5.56 Å². The SMILES string of the molecule is O=C(CSc1nc2ccccc2c(=O)n1-c1ccc(Br)cc1)N/N=C\c1cccc([N+](=O)[O-])c1. The number of hydrogen-bond acceptors (Lipinski definition) is 7. The van der Waals surface area contributed by atoms with E-state index in [1.807, 2.05) is 12.1 Å². The third kappa shape index (κ3) is 5.38. The maximum atomic E-state index is 13.2. The van der Waals surface area contributed by atoms with Crippen molar-refractivity contribution in [2.45, 2.75) is 5.16 Å². The number of thioether (sulfide) groups is 1. The highest BCUT2D eigenvalue weighted by atomic mass is 79.9. The lowest BCUT2D eigenvalue weighted by Crippen LogP contribution is -2.24. The Morgan fingerprint density at radius 2 is 1.91 bits per heavy atom. The van der Waals surface area contributed by atoms with Crippen molar-refractivity contribution in [1.82, 2.24) is 15.0 Å². The fraction of sp³-hybridized carbons (Fsp3) is 0.0435. The molecule has 3 aromatic carbocycles. The Hall–Kier alpha value is -3.83. The van der Waals surface area contributed by atoms with Gasteiger partial charge in [-0.2, -0.15) is 5.10 Å². The molecule has 11 heteroatoms. The molecule has 0 saturated heterocycles. The first-order chi connectivity index (χ1) is 16.4. The number of hydrogen-bond donors (Lipinski definition) is 1. The maximum absolute atomic E-state index is 13.2. The highest BCUT2D eigenvalue weighted by molar-refractivity contribution is 9.10. The molecule has 170 valence electrons. The molecule has 9 nitrogen and oxygen atoms in total. The molecule has 0 saturated carbocycles. The lowest BCUT2D eigenvalue weighted by Gasteiger charge is -2.13. The van der Waals surface area contributed by atoms with Crippen molar-refractivity contribution in [2.75, 3.05) is 5.75 Å². The van der Waals surface area contributed by atoms with Gasteiger partial charge in [-0.3, -0.25) is 24.3 Å². The molecule has 0 fully saturated rings. The second-order valence-corrected chi connectivity index (χ2v) is 8.82. The van der Waals surface area contributed by atoms with Crippen LogP contribution in [0, 0.1) is 10.1 Å². The number of nitrogens with zero attached hydrogens (tertiary/aromatic N) is 4. The Balaban J connectivity index is 1.53. The minimum Gasteiger partial charge on any atom is -0.272 e. The zero-order valence-corrected chi connectivity index (χ0v) is 19.8. The summed E-state index contributed by atoms with van der Waals surface area (Å²) in [7, 11) is 0. The third-order valence-corrected chi connectivity index (χ3v) is 6.11. The highest BCUT2D eigenvalue weighted by Crippen LogP contribution is 2.22. The lowest BCUT2D eigenvalue weighted by molar-refractivity contribution is -0.384. The number of carbonyl (C=O) groups excluding carboxylic acids is 1. The van der Waals surface area contributed by atoms with Gasteiger partial charge in [0.15, 0.2) is 5.16 Å². The zero-order valence-electron chi connectivity index (χ0n) is 17.4. The number of halogens is 1. The van der Waals surface area contributed by atoms with Gasteiger partial charge in [-0.1, -0.05) is 52.0 Å². The molecule has 0 aliphatic rings. The van der Waals surface area contributed by atoms with Gasteiger partial charge >= 0.3 is 0 Å². The number of amides is 1. The van der Waals surface area contributed by atoms with Crippen LogP contribution >= 0.6 is 27.7 Å². The fourth-order valence-electron chi connectivity index (χ4n) is 3.09. The Morgan fingerprint density at radius 3 is 2.68 bits per heavy atom. The first-order valence-corrected chi connectivity index (χ1v) is 11.7. The van der Waals surface area contributed by atoms with Crippen molar-refractivity contribution in [1.29, 1.82) is 0 Å². The summed E-state index contributed by atoms with van der Waals surface area (Å²) in [6.07, 6.45) is 1.32. The second kappa shape index (κ2) is 10.4. The lowest BCUT2D eigenvalue weighted by atomic mass is 10.2. The van der Waals surface area contributed by atoms with E-state index in [1.165, 1.54) is 29.0 Å². The summed E-state index contributed by atoms with van der Waals surface area (Å²) < 4.78 is 2.34. The van der Waals surface area contributed by atoms with Crippen molar-refractivity contribution >= 4 is 56.4 Å². The number of para-hydroxylation sites is 1. The summed E-state index contributed by atoms with van der Waals surface area (Å²) in [4.78, 5) is 40.5. The van der Waals surface area contributed by atoms with Gasteiger partial charge in [-0.15, -0.1) is 0 Å². The first kappa shape index (κ1) is 23.3. The van der Waals surface area contributed by atoms with Crippen molar-refractivity contribution in [3.05, 3.63) is 103 Å². The summed E-state index contributed by atoms with van der Waals surface area (Å²) >= 11 is 4.49. The summed E-state index contributed by atoms with van der Waals surface area (Å²) in [6, 6.07) is 20.1. The highest BCUT2D eigenvalue weighted by Gasteiger charge is 2.14. The monoisotopic (exact) mass is 537 g/mol. The van der Waals surface area contributed by atoms with Crippen LogP contribution < -0.4 is 11.0 Å². The molecular formula is C23H16BrN5O4S. The van der Waals surface area contributed by atoms with E-state index in [0.717, 1.165) is 16.2 Å². The number of hydrazone groups is 1. The summed E-state index contributed by atoms with van der Waals surface area (Å²) in [5.41, 5.74) is 3.71.